The lowest BCUT2D eigenvalue weighted by Crippen LogP contribution is -2.10. The van der Waals surface area contributed by atoms with Crippen molar-refractivity contribution in [3.63, 3.8) is 0 Å². The van der Waals surface area contributed by atoms with E-state index in [0.717, 1.165) is 10.8 Å². The van der Waals surface area contributed by atoms with Crippen LogP contribution in [0.25, 0.3) is 0 Å². The Balaban J connectivity index is 2.52. The van der Waals surface area contributed by atoms with Crippen molar-refractivity contribution in [3.05, 3.63) is 21.3 Å². The quantitative estimate of drug-likeness (QED) is 0.673. The van der Waals surface area contributed by atoms with Crippen LogP contribution in [0, 0.1) is 5.92 Å². The van der Waals surface area contributed by atoms with Gasteiger partial charge in [-0.1, -0.05) is 25.4 Å². The molecule has 0 aliphatic carbocycles. The van der Waals surface area contributed by atoms with Crippen LogP contribution in [-0.2, 0) is 6.42 Å². The predicted octanol–water partition coefficient (Wildman–Crippen LogP) is 4.21. The molecule has 1 aromatic rings. The van der Waals surface area contributed by atoms with Crippen molar-refractivity contribution in [2.24, 2.45) is 5.92 Å². The van der Waals surface area contributed by atoms with E-state index in [-0.39, 0.29) is 5.38 Å². The summed E-state index contributed by atoms with van der Waals surface area (Å²) in [7, 11) is 0. The first-order valence-corrected chi connectivity index (χ1v) is 5.66. The fourth-order valence-corrected chi connectivity index (χ4v) is 2.01. The van der Waals surface area contributed by atoms with Crippen molar-refractivity contribution in [2.45, 2.75) is 25.6 Å². The average Bonchev–Trinajstić information content (AvgIpc) is 2.35. The second-order valence-electron chi connectivity index (χ2n) is 3.22. The summed E-state index contributed by atoms with van der Waals surface area (Å²) in [4.78, 5) is 0. The molecule has 1 atom stereocenters. The normalized spacial score (nSPS) is 13.8. The summed E-state index contributed by atoms with van der Waals surface area (Å²) in [6.45, 7) is 4.26. The fourth-order valence-electron chi connectivity index (χ4n) is 0.914. The van der Waals surface area contributed by atoms with Gasteiger partial charge in [0.25, 0.3) is 0 Å². The van der Waals surface area contributed by atoms with Crippen LogP contribution in [0.15, 0.2) is 11.4 Å². The topological polar surface area (TPSA) is 0 Å². The van der Waals surface area contributed by atoms with E-state index in [1.54, 1.807) is 11.3 Å². The molecule has 68 valence electrons. The lowest BCUT2D eigenvalue weighted by Gasteiger charge is -2.11. The number of halogens is 2. The van der Waals surface area contributed by atoms with Crippen LogP contribution in [0.1, 0.15) is 19.4 Å². The van der Waals surface area contributed by atoms with E-state index in [0.29, 0.717) is 5.92 Å². The van der Waals surface area contributed by atoms with Crippen LogP contribution >= 0.6 is 34.5 Å². The molecule has 0 aliphatic rings. The van der Waals surface area contributed by atoms with Crippen LogP contribution in [0.4, 0.5) is 0 Å². The predicted molar refractivity (Wildman–Crippen MR) is 57.5 cm³/mol. The second-order valence-corrected chi connectivity index (χ2v) is 5.33. The maximum absolute atomic E-state index is 6.12. The van der Waals surface area contributed by atoms with Gasteiger partial charge in [0.05, 0.1) is 4.34 Å². The molecule has 0 aromatic carbocycles. The Morgan fingerprint density at radius 2 is 2.17 bits per heavy atom. The third kappa shape index (κ3) is 2.96. The number of hydrogen-bond donors (Lipinski definition) is 0. The zero-order chi connectivity index (χ0) is 9.14. The van der Waals surface area contributed by atoms with Crippen LogP contribution in [0.5, 0.6) is 0 Å². The number of thiophene rings is 1. The van der Waals surface area contributed by atoms with E-state index in [1.165, 1.54) is 5.56 Å². The second kappa shape index (κ2) is 4.50. The van der Waals surface area contributed by atoms with E-state index in [2.05, 4.69) is 19.2 Å². The van der Waals surface area contributed by atoms with Gasteiger partial charge >= 0.3 is 0 Å². The Labute approximate surface area is 87.5 Å². The molecule has 0 bridgehead atoms. The third-order valence-electron chi connectivity index (χ3n) is 1.78. The van der Waals surface area contributed by atoms with Crippen LogP contribution in [-0.4, -0.2) is 5.38 Å². The molecular weight excluding hydrogens is 211 g/mol. The van der Waals surface area contributed by atoms with Gasteiger partial charge in [0, 0.05) is 5.38 Å². The van der Waals surface area contributed by atoms with Gasteiger partial charge in [-0.25, -0.2) is 0 Å². The Kier molecular flexibility index (Phi) is 3.88. The summed E-state index contributed by atoms with van der Waals surface area (Å²) >= 11 is 13.5. The lowest BCUT2D eigenvalue weighted by molar-refractivity contribution is 0.597. The smallest absolute Gasteiger partial charge is 0.0931 e. The molecule has 1 unspecified atom stereocenters. The lowest BCUT2D eigenvalue weighted by atomic mass is 10.0. The Morgan fingerprint density at radius 3 is 2.58 bits per heavy atom. The van der Waals surface area contributed by atoms with E-state index < -0.39 is 0 Å². The molecule has 0 nitrogen and oxygen atoms in total. The highest BCUT2D eigenvalue weighted by molar-refractivity contribution is 7.14. The van der Waals surface area contributed by atoms with E-state index in [4.69, 9.17) is 23.2 Å². The van der Waals surface area contributed by atoms with Crippen LogP contribution in [0.3, 0.4) is 0 Å². The van der Waals surface area contributed by atoms with Gasteiger partial charge in [-0.15, -0.1) is 22.9 Å². The molecule has 0 saturated carbocycles. The molecule has 0 fully saturated rings. The maximum Gasteiger partial charge on any atom is 0.0931 e. The molecule has 0 saturated heterocycles. The van der Waals surface area contributed by atoms with E-state index in [1.807, 2.05) is 6.07 Å². The molecule has 0 spiro atoms. The minimum absolute atomic E-state index is 0.218. The molecule has 3 heteroatoms. The number of rotatable bonds is 3. The van der Waals surface area contributed by atoms with Crippen molar-refractivity contribution in [3.8, 4) is 0 Å². The highest BCUT2D eigenvalue weighted by atomic mass is 35.5. The number of alkyl halides is 1. The van der Waals surface area contributed by atoms with E-state index in [9.17, 15) is 0 Å². The summed E-state index contributed by atoms with van der Waals surface area (Å²) in [5, 5.41) is 2.29. The van der Waals surface area contributed by atoms with E-state index >= 15 is 0 Å². The first kappa shape index (κ1) is 10.4. The van der Waals surface area contributed by atoms with Gasteiger partial charge in [-0.3, -0.25) is 0 Å². The third-order valence-corrected chi connectivity index (χ3v) is 3.57. The summed E-state index contributed by atoms with van der Waals surface area (Å²) < 4.78 is 0.845. The maximum atomic E-state index is 6.12. The molecule has 1 aromatic heterocycles. The fraction of sp³-hybridized carbons (Fsp3) is 0.556. The largest absolute Gasteiger partial charge is 0.132 e. The highest BCUT2D eigenvalue weighted by Crippen LogP contribution is 2.23. The van der Waals surface area contributed by atoms with Crippen LogP contribution in [0.2, 0.25) is 4.34 Å². The molecule has 1 heterocycles. The van der Waals surface area contributed by atoms with Gasteiger partial charge in [0.15, 0.2) is 0 Å². The Hall–Kier alpha value is 0.280. The zero-order valence-electron chi connectivity index (χ0n) is 7.18. The monoisotopic (exact) mass is 222 g/mol. The van der Waals surface area contributed by atoms with Crippen molar-refractivity contribution in [1.29, 1.82) is 0 Å². The van der Waals surface area contributed by atoms with Gasteiger partial charge in [0.1, 0.15) is 0 Å². The van der Waals surface area contributed by atoms with Gasteiger partial charge in [-0.05, 0) is 29.3 Å². The van der Waals surface area contributed by atoms with Crippen molar-refractivity contribution in [2.75, 3.05) is 0 Å². The molecule has 0 radical (unpaired) electrons. The summed E-state index contributed by atoms with van der Waals surface area (Å²) in [6, 6.07) is 1.99. The van der Waals surface area contributed by atoms with Crippen molar-refractivity contribution >= 4 is 34.5 Å². The van der Waals surface area contributed by atoms with Crippen molar-refractivity contribution in [1.82, 2.24) is 0 Å². The molecule has 12 heavy (non-hydrogen) atoms. The van der Waals surface area contributed by atoms with Gasteiger partial charge < -0.3 is 0 Å². The molecule has 1 rings (SSSR count). The molecule has 0 aliphatic heterocycles. The zero-order valence-corrected chi connectivity index (χ0v) is 9.51. The minimum Gasteiger partial charge on any atom is -0.132 e. The summed E-state index contributed by atoms with van der Waals surface area (Å²) in [5.74, 6) is 0.519. The Morgan fingerprint density at radius 1 is 1.50 bits per heavy atom. The summed E-state index contributed by atoms with van der Waals surface area (Å²) in [5.41, 5.74) is 1.25. The highest BCUT2D eigenvalue weighted by Gasteiger charge is 2.10. The Bertz CT molecular complexity index is 242. The first-order chi connectivity index (χ1) is 5.59. The summed E-state index contributed by atoms with van der Waals surface area (Å²) in [6.07, 6.45) is 0.919. The van der Waals surface area contributed by atoms with Gasteiger partial charge in [0.2, 0.25) is 0 Å². The molecular formula is C9H12Cl2S. The molecule has 0 amide bonds. The van der Waals surface area contributed by atoms with Gasteiger partial charge in [-0.2, -0.15) is 0 Å². The van der Waals surface area contributed by atoms with Crippen molar-refractivity contribution < 1.29 is 0 Å². The number of hydrogen-bond acceptors (Lipinski definition) is 1. The van der Waals surface area contributed by atoms with Crippen LogP contribution < -0.4 is 0 Å². The SMILES string of the molecule is CC(C)C(Cl)Cc1csc(Cl)c1. The minimum atomic E-state index is 0.218. The average molecular weight is 223 g/mol. The first-order valence-electron chi connectivity index (χ1n) is 3.96. The molecule has 0 N–H and O–H groups in total. The standard InChI is InChI=1S/C9H12Cl2S/c1-6(2)8(10)3-7-4-9(11)12-5-7/h4-6,8H,3H2,1-2H3.